The Balaban J connectivity index is 2.36. The van der Waals surface area contributed by atoms with Gasteiger partial charge in [-0.2, -0.15) is 0 Å². The highest BCUT2D eigenvalue weighted by molar-refractivity contribution is 8.00. The summed E-state index contributed by atoms with van der Waals surface area (Å²) in [5.74, 6) is 2.55. The number of carbonyl (C=O) groups excluding carboxylic acids is 1. The molecule has 1 unspecified atom stereocenters. The van der Waals surface area contributed by atoms with Gasteiger partial charge in [0.1, 0.15) is 22.6 Å². The van der Waals surface area contributed by atoms with E-state index >= 15 is 0 Å². The zero-order chi connectivity index (χ0) is 16.8. The van der Waals surface area contributed by atoms with Crippen molar-refractivity contribution in [3.05, 3.63) is 17.7 Å². The first-order chi connectivity index (χ1) is 11.2. The summed E-state index contributed by atoms with van der Waals surface area (Å²) in [6.45, 7) is 1.26. The molecule has 1 aromatic rings. The van der Waals surface area contributed by atoms with E-state index in [1.165, 1.54) is 0 Å². The van der Waals surface area contributed by atoms with Gasteiger partial charge in [0.25, 0.3) is 0 Å². The first kappa shape index (κ1) is 17.7. The summed E-state index contributed by atoms with van der Waals surface area (Å²) in [4.78, 5) is 14.1. The van der Waals surface area contributed by atoms with E-state index < -0.39 is 0 Å². The number of hydrogen-bond acceptors (Lipinski definition) is 6. The third kappa shape index (κ3) is 3.84. The minimum absolute atomic E-state index is 0.121. The van der Waals surface area contributed by atoms with Crippen molar-refractivity contribution in [2.24, 2.45) is 0 Å². The molecule has 0 N–H and O–H groups in total. The first-order valence-corrected chi connectivity index (χ1v) is 8.41. The SMILES string of the molecule is COCCCN1C(=O)CSC1c1c(OC)cc(OC)cc1OC. The minimum Gasteiger partial charge on any atom is -0.496 e. The highest BCUT2D eigenvalue weighted by Gasteiger charge is 2.36. The average molecular weight is 341 g/mol. The Morgan fingerprint density at radius 1 is 1.13 bits per heavy atom. The largest absolute Gasteiger partial charge is 0.496 e. The van der Waals surface area contributed by atoms with Crippen LogP contribution in [0.2, 0.25) is 0 Å². The monoisotopic (exact) mass is 341 g/mol. The quantitative estimate of drug-likeness (QED) is 0.677. The number of thioether (sulfide) groups is 1. The molecular weight excluding hydrogens is 318 g/mol. The Bertz CT molecular complexity index is 526. The van der Waals surface area contributed by atoms with Crippen molar-refractivity contribution in [3.8, 4) is 17.2 Å². The zero-order valence-corrected chi connectivity index (χ0v) is 14.8. The molecule has 6 nitrogen and oxygen atoms in total. The van der Waals surface area contributed by atoms with Gasteiger partial charge in [0.2, 0.25) is 5.91 Å². The highest BCUT2D eigenvalue weighted by Crippen LogP contribution is 2.48. The van der Waals surface area contributed by atoms with Gasteiger partial charge in [0, 0.05) is 32.4 Å². The van der Waals surface area contributed by atoms with E-state index in [9.17, 15) is 4.79 Å². The Labute approximate surface area is 141 Å². The van der Waals surface area contributed by atoms with Crippen LogP contribution in [0.4, 0.5) is 0 Å². The summed E-state index contributed by atoms with van der Waals surface area (Å²) in [6, 6.07) is 3.63. The lowest BCUT2D eigenvalue weighted by molar-refractivity contribution is -0.128. The molecule has 128 valence electrons. The molecule has 1 atom stereocenters. The Hall–Kier alpha value is -1.60. The number of rotatable bonds is 8. The summed E-state index contributed by atoms with van der Waals surface area (Å²) in [6.07, 6.45) is 0.792. The van der Waals surface area contributed by atoms with Crippen LogP contribution in [0, 0.1) is 0 Å². The van der Waals surface area contributed by atoms with Gasteiger partial charge in [-0.25, -0.2) is 0 Å². The number of nitrogens with zero attached hydrogens (tertiary/aromatic N) is 1. The number of methoxy groups -OCH3 is 4. The van der Waals surface area contributed by atoms with Crippen LogP contribution in [0.1, 0.15) is 17.4 Å². The summed E-state index contributed by atoms with van der Waals surface area (Å²) >= 11 is 1.58. The van der Waals surface area contributed by atoms with E-state index in [0.717, 1.165) is 12.0 Å². The molecule has 23 heavy (non-hydrogen) atoms. The molecule has 0 bridgehead atoms. The van der Waals surface area contributed by atoms with Crippen molar-refractivity contribution >= 4 is 17.7 Å². The lowest BCUT2D eigenvalue weighted by Crippen LogP contribution is -2.30. The third-order valence-electron chi connectivity index (χ3n) is 3.72. The van der Waals surface area contributed by atoms with E-state index in [0.29, 0.717) is 36.2 Å². The van der Waals surface area contributed by atoms with Crippen molar-refractivity contribution in [3.63, 3.8) is 0 Å². The lowest BCUT2D eigenvalue weighted by Gasteiger charge is -2.27. The fourth-order valence-electron chi connectivity index (χ4n) is 2.59. The van der Waals surface area contributed by atoms with Gasteiger partial charge in [-0.05, 0) is 6.42 Å². The smallest absolute Gasteiger partial charge is 0.233 e. The van der Waals surface area contributed by atoms with E-state index in [1.807, 2.05) is 17.0 Å². The van der Waals surface area contributed by atoms with Crippen LogP contribution >= 0.6 is 11.8 Å². The topological polar surface area (TPSA) is 57.2 Å². The van der Waals surface area contributed by atoms with Gasteiger partial charge in [-0.3, -0.25) is 4.79 Å². The second-order valence-corrected chi connectivity index (χ2v) is 6.11. The van der Waals surface area contributed by atoms with Crippen LogP contribution in [0.25, 0.3) is 0 Å². The first-order valence-electron chi connectivity index (χ1n) is 7.36. The number of carbonyl (C=O) groups is 1. The molecule has 1 heterocycles. The molecule has 1 fully saturated rings. The van der Waals surface area contributed by atoms with Gasteiger partial charge in [0.05, 0.1) is 32.6 Å². The maximum atomic E-state index is 12.2. The van der Waals surface area contributed by atoms with Gasteiger partial charge in [-0.1, -0.05) is 0 Å². The molecule has 1 amide bonds. The molecule has 0 aromatic heterocycles. The van der Waals surface area contributed by atoms with Crippen LogP contribution in [-0.4, -0.2) is 58.2 Å². The number of hydrogen-bond donors (Lipinski definition) is 0. The molecule has 0 aliphatic carbocycles. The summed E-state index contributed by atoms with van der Waals surface area (Å²) in [7, 11) is 6.47. The second kappa shape index (κ2) is 8.31. The van der Waals surface area contributed by atoms with Crippen molar-refractivity contribution in [1.82, 2.24) is 4.90 Å². The highest BCUT2D eigenvalue weighted by atomic mass is 32.2. The van der Waals surface area contributed by atoms with E-state index in [1.54, 1.807) is 40.2 Å². The molecular formula is C16H23NO5S. The Morgan fingerprint density at radius 2 is 1.78 bits per heavy atom. The number of benzene rings is 1. The molecule has 1 aromatic carbocycles. The molecule has 0 radical (unpaired) electrons. The van der Waals surface area contributed by atoms with Gasteiger partial charge >= 0.3 is 0 Å². The second-order valence-electron chi connectivity index (χ2n) is 5.04. The van der Waals surface area contributed by atoms with Crippen molar-refractivity contribution in [2.45, 2.75) is 11.8 Å². The van der Waals surface area contributed by atoms with Crippen LogP contribution < -0.4 is 14.2 Å². The summed E-state index contributed by atoms with van der Waals surface area (Å²) in [5.41, 5.74) is 0.865. The number of amides is 1. The molecule has 1 saturated heterocycles. The summed E-state index contributed by atoms with van der Waals surface area (Å²) in [5, 5.41) is -0.129. The van der Waals surface area contributed by atoms with Gasteiger partial charge in [0.15, 0.2) is 0 Å². The molecule has 0 saturated carbocycles. The molecule has 0 spiro atoms. The van der Waals surface area contributed by atoms with E-state index in [4.69, 9.17) is 18.9 Å². The van der Waals surface area contributed by atoms with Crippen LogP contribution in [-0.2, 0) is 9.53 Å². The third-order valence-corrected chi connectivity index (χ3v) is 4.94. The van der Waals surface area contributed by atoms with Crippen LogP contribution in [0.5, 0.6) is 17.2 Å². The number of ether oxygens (including phenoxy) is 4. The van der Waals surface area contributed by atoms with Crippen molar-refractivity contribution < 1.29 is 23.7 Å². The van der Waals surface area contributed by atoms with E-state index in [2.05, 4.69) is 0 Å². The summed E-state index contributed by atoms with van der Waals surface area (Å²) < 4.78 is 21.4. The van der Waals surface area contributed by atoms with Crippen LogP contribution in [0.15, 0.2) is 12.1 Å². The van der Waals surface area contributed by atoms with Crippen LogP contribution in [0.3, 0.4) is 0 Å². The molecule has 1 aliphatic heterocycles. The maximum Gasteiger partial charge on any atom is 0.233 e. The predicted molar refractivity (Wildman–Crippen MR) is 89.5 cm³/mol. The minimum atomic E-state index is -0.129. The maximum absolute atomic E-state index is 12.2. The average Bonchev–Trinajstić information content (AvgIpc) is 2.94. The normalized spacial score (nSPS) is 17.5. The zero-order valence-electron chi connectivity index (χ0n) is 14.0. The molecule has 1 aliphatic rings. The van der Waals surface area contributed by atoms with Gasteiger partial charge < -0.3 is 23.8 Å². The van der Waals surface area contributed by atoms with E-state index in [-0.39, 0.29) is 11.3 Å². The van der Waals surface area contributed by atoms with Gasteiger partial charge in [-0.15, -0.1) is 11.8 Å². The molecule has 7 heteroatoms. The Kier molecular flexibility index (Phi) is 6.41. The standard InChI is InChI=1S/C16H23NO5S/c1-19-7-5-6-17-14(18)10-23-16(17)15-12(21-3)8-11(20-2)9-13(15)22-4/h8-9,16H,5-7,10H2,1-4H3. The lowest BCUT2D eigenvalue weighted by atomic mass is 10.1. The fraction of sp³-hybridized carbons (Fsp3) is 0.562. The Morgan fingerprint density at radius 3 is 2.30 bits per heavy atom. The fourth-order valence-corrected chi connectivity index (χ4v) is 3.86. The molecule has 2 rings (SSSR count). The van der Waals surface area contributed by atoms with Crippen molar-refractivity contribution in [2.75, 3.05) is 47.3 Å². The predicted octanol–water partition coefficient (Wildman–Crippen LogP) is 2.32. The van der Waals surface area contributed by atoms with Crippen molar-refractivity contribution in [1.29, 1.82) is 0 Å².